The molecule has 0 radical (unpaired) electrons. The molecule has 17 heteroatoms. The Bertz CT molecular complexity index is 2290. The van der Waals surface area contributed by atoms with Crippen molar-refractivity contribution in [3.8, 4) is 45.1 Å². The molecule has 4 aliphatic rings. The Labute approximate surface area is 359 Å². The van der Waals surface area contributed by atoms with Gasteiger partial charge in [0.15, 0.2) is 0 Å². The van der Waals surface area contributed by atoms with Gasteiger partial charge >= 0.3 is 12.2 Å². The average molecular weight is 857 g/mol. The van der Waals surface area contributed by atoms with E-state index in [2.05, 4.69) is 26.7 Å². The van der Waals surface area contributed by atoms with Gasteiger partial charge in [0.25, 0.3) is 0 Å². The maximum atomic E-state index is 13.9. The summed E-state index contributed by atoms with van der Waals surface area (Å²) in [6, 6.07) is 6.03. The van der Waals surface area contributed by atoms with Crippen LogP contribution in [0.3, 0.4) is 0 Å². The van der Waals surface area contributed by atoms with Crippen molar-refractivity contribution in [2.45, 2.75) is 104 Å². The Kier molecular flexibility index (Phi) is 11.9. The molecule has 8 rings (SSSR count). The highest BCUT2D eigenvalue weighted by molar-refractivity contribution is 6.32. The van der Waals surface area contributed by atoms with Crippen LogP contribution in [0, 0.1) is 11.8 Å². The number of benzene rings is 2. The lowest BCUT2D eigenvalue weighted by Gasteiger charge is -2.31. The number of aromatic amines is 2. The monoisotopic (exact) mass is 856 g/mol. The van der Waals surface area contributed by atoms with E-state index in [9.17, 15) is 19.2 Å². The number of carbonyl (C=O) groups excluding carboxylic acids is 4. The first-order valence-electron chi connectivity index (χ1n) is 21.1. The number of carbonyl (C=O) groups is 4. The van der Waals surface area contributed by atoms with Crippen LogP contribution in [0.2, 0.25) is 5.15 Å². The zero-order valence-corrected chi connectivity index (χ0v) is 36.1. The Morgan fingerprint density at radius 3 is 1.82 bits per heavy atom. The number of imidazole rings is 2. The number of aromatic nitrogens is 4. The van der Waals surface area contributed by atoms with Gasteiger partial charge in [0, 0.05) is 46.5 Å². The summed E-state index contributed by atoms with van der Waals surface area (Å²) in [5.74, 6) is 2.19. The van der Waals surface area contributed by atoms with Crippen molar-refractivity contribution in [1.29, 1.82) is 0 Å². The smallest absolute Gasteiger partial charge is 0.407 e. The number of methoxy groups -OCH3 is 2. The van der Waals surface area contributed by atoms with Gasteiger partial charge in [0.2, 0.25) is 11.8 Å². The van der Waals surface area contributed by atoms with Crippen LogP contribution in [0.5, 0.6) is 11.5 Å². The molecule has 6 heterocycles. The van der Waals surface area contributed by atoms with E-state index in [0.717, 1.165) is 64.1 Å². The minimum Gasteiger partial charge on any atom is -0.488 e. The maximum absolute atomic E-state index is 13.9. The molecule has 2 aromatic heterocycles. The van der Waals surface area contributed by atoms with Gasteiger partial charge < -0.3 is 49.3 Å². The molecule has 61 heavy (non-hydrogen) atoms. The summed E-state index contributed by atoms with van der Waals surface area (Å²) in [6.45, 7) is 9.55. The largest absolute Gasteiger partial charge is 0.488 e. The molecule has 4 aromatic rings. The Morgan fingerprint density at radius 1 is 0.787 bits per heavy atom. The third kappa shape index (κ3) is 7.86. The van der Waals surface area contributed by atoms with Crippen LogP contribution < -0.4 is 20.1 Å². The SMILES string of the molecule is CC[C@H](C)[C@H](NC(=O)OC)C(=O)N1CCC[C@H]1c1ncc(-c2cc3c4c(c2)OCc2cc(-c5nc([C@@H]6CCCN6C(=O)[C@@H](NC(=O)OC)[C@@H](C)CC)[nH]c5Cl)cc(c2-4)OC3)[nH]1. The third-order valence-electron chi connectivity index (χ3n) is 12.8. The van der Waals surface area contributed by atoms with Crippen LogP contribution in [-0.2, 0) is 32.3 Å². The summed E-state index contributed by atoms with van der Waals surface area (Å²) in [5, 5.41) is 5.84. The number of halogens is 1. The highest BCUT2D eigenvalue weighted by atomic mass is 35.5. The van der Waals surface area contributed by atoms with Crippen molar-refractivity contribution >= 4 is 35.6 Å². The van der Waals surface area contributed by atoms with Crippen molar-refractivity contribution in [3.05, 3.63) is 58.4 Å². The van der Waals surface area contributed by atoms with Crippen LogP contribution in [0.1, 0.15) is 101 Å². The third-order valence-corrected chi connectivity index (χ3v) is 13.1. The maximum Gasteiger partial charge on any atom is 0.407 e. The highest BCUT2D eigenvalue weighted by Crippen LogP contribution is 2.51. The standard InChI is InChI=1S/C44H53ClN8O8/c1-7-22(3)35(49-43(56)58-5)41(54)52-13-9-11-29(52)39-46-19-28(47-39)24-15-26-20-61-32-18-25(16-27-21-60-31(17-24)33(26)34(27)32)37-38(45)51-40(48-37)30-12-10-14-53(30)42(55)36(23(4)8-2)50-44(57)59-6/h15-19,22-23,29-30,35-36H,7-14,20-21H2,1-6H3,(H,46,47)(H,48,51)(H,49,56)(H,50,57)/t22-,23-,29-,30-,35-,36-/m0/s1. The number of hydrogen-bond donors (Lipinski definition) is 4. The van der Waals surface area contributed by atoms with E-state index >= 15 is 0 Å². The molecule has 0 saturated carbocycles. The van der Waals surface area contributed by atoms with E-state index in [-0.39, 0.29) is 35.7 Å². The normalized spacial score (nSPS) is 19.5. The fraction of sp³-hybridized carbons (Fsp3) is 0.500. The lowest BCUT2D eigenvalue weighted by molar-refractivity contribution is -0.136. The number of likely N-dealkylation sites (tertiary alicyclic amines) is 2. The molecule has 2 fully saturated rings. The van der Waals surface area contributed by atoms with E-state index in [1.807, 2.05) is 50.8 Å². The Hall–Kier alpha value is -5.77. The topological polar surface area (TPSA) is 193 Å². The van der Waals surface area contributed by atoms with Gasteiger partial charge in [-0.3, -0.25) is 9.59 Å². The molecule has 0 unspecified atom stereocenters. The second-order valence-electron chi connectivity index (χ2n) is 16.4. The number of ether oxygens (including phenoxy) is 4. The minimum atomic E-state index is -0.735. The highest BCUT2D eigenvalue weighted by Gasteiger charge is 2.40. The molecule has 4 N–H and O–H groups in total. The molecule has 2 saturated heterocycles. The Morgan fingerprint density at radius 2 is 1.30 bits per heavy atom. The molecule has 4 aliphatic heterocycles. The lowest BCUT2D eigenvalue weighted by Crippen LogP contribution is -2.51. The van der Waals surface area contributed by atoms with E-state index in [1.165, 1.54) is 14.2 Å². The molecule has 16 nitrogen and oxygen atoms in total. The molecule has 6 atom stereocenters. The van der Waals surface area contributed by atoms with E-state index < -0.39 is 24.3 Å². The number of alkyl carbamates (subject to hydrolysis) is 2. The number of rotatable bonds is 12. The molecule has 4 amide bonds. The number of nitrogens with one attached hydrogen (secondary N) is 4. The number of H-pyrrole nitrogens is 2. The molecule has 2 aromatic carbocycles. The predicted octanol–water partition coefficient (Wildman–Crippen LogP) is 7.44. The van der Waals surface area contributed by atoms with E-state index in [1.54, 1.807) is 11.1 Å². The summed E-state index contributed by atoms with van der Waals surface area (Å²) in [5.41, 5.74) is 6.82. The molecular formula is C44H53ClN8O8. The summed E-state index contributed by atoms with van der Waals surface area (Å²) in [7, 11) is 2.58. The first-order valence-corrected chi connectivity index (χ1v) is 21.5. The van der Waals surface area contributed by atoms with Crippen molar-refractivity contribution in [2.75, 3.05) is 27.3 Å². The van der Waals surface area contributed by atoms with Crippen LogP contribution in [0.25, 0.3) is 33.6 Å². The molecule has 0 spiro atoms. The van der Waals surface area contributed by atoms with Crippen LogP contribution in [-0.4, -0.2) is 93.1 Å². The van der Waals surface area contributed by atoms with Crippen molar-refractivity contribution in [3.63, 3.8) is 0 Å². The second kappa shape index (κ2) is 17.3. The summed E-state index contributed by atoms with van der Waals surface area (Å²) in [6.07, 6.45) is 4.97. The number of amides is 4. The first-order chi connectivity index (χ1) is 29.4. The van der Waals surface area contributed by atoms with Crippen LogP contribution in [0.15, 0.2) is 30.5 Å². The predicted molar refractivity (Wildman–Crippen MR) is 226 cm³/mol. The van der Waals surface area contributed by atoms with Gasteiger partial charge in [-0.2, -0.15) is 0 Å². The van der Waals surface area contributed by atoms with Gasteiger partial charge in [-0.05, 0) is 61.8 Å². The van der Waals surface area contributed by atoms with Gasteiger partial charge in [0.1, 0.15) is 59.3 Å². The van der Waals surface area contributed by atoms with Crippen LogP contribution >= 0.6 is 11.6 Å². The summed E-state index contributed by atoms with van der Waals surface area (Å²) < 4.78 is 22.5. The van der Waals surface area contributed by atoms with Gasteiger partial charge in [-0.1, -0.05) is 52.1 Å². The number of hydrogen-bond acceptors (Lipinski definition) is 10. The fourth-order valence-electron chi connectivity index (χ4n) is 9.07. The molecule has 0 aliphatic carbocycles. The van der Waals surface area contributed by atoms with Crippen molar-refractivity contribution < 1.29 is 38.1 Å². The second-order valence-corrected chi connectivity index (χ2v) is 16.8. The summed E-state index contributed by atoms with van der Waals surface area (Å²) >= 11 is 6.86. The zero-order valence-electron chi connectivity index (χ0n) is 35.4. The molecule has 0 bridgehead atoms. The molecule has 324 valence electrons. The van der Waals surface area contributed by atoms with E-state index in [0.29, 0.717) is 73.8 Å². The zero-order chi connectivity index (χ0) is 43.1. The van der Waals surface area contributed by atoms with Crippen molar-refractivity contribution in [2.24, 2.45) is 11.8 Å². The average Bonchev–Trinajstić information content (AvgIpc) is 4.12. The molecular weight excluding hydrogens is 804 g/mol. The quantitative estimate of drug-likeness (QED) is 0.111. The Balaban J connectivity index is 1.03. The number of nitrogens with zero attached hydrogens (tertiary/aromatic N) is 4. The van der Waals surface area contributed by atoms with Crippen LogP contribution in [0.4, 0.5) is 9.59 Å². The summed E-state index contributed by atoms with van der Waals surface area (Å²) in [4.78, 5) is 72.1. The van der Waals surface area contributed by atoms with Gasteiger partial charge in [-0.25, -0.2) is 19.6 Å². The van der Waals surface area contributed by atoms with Gasteiger partial charge in [-0.15, -0.1) is 0 Å². The minimum absolute atomic E-state index is 0.0813. The fourth-order valence-corrected chi connectivity index (χ4v) is 9.32. The lowest BCUT2D eigenvalue weighted by atomic mass is 9.87. The van der Waals surface area contributed by atoms with Gasteiger partial charge in [0.05, 0.1) is 38.2 Å². The first kappa shape index (κ1) is 41.9. The van der Waals surface area contributed by atoms with E-state index in [4.69, 9.17) is 40.5 Å². The van der Waals surface area contributed by atoms with Crippen molar-refractivity contribution in [1.82, 2.24) is 40.4 Å².